The first-order valence-corrected chi connectivity index (χ1v) is 6.13. The van der Waals surface area contributed by atoms with Crippen molar-refractivity contribution >= 4 is 0 Å². The summed E-state index contributed by atoms with van der Waals surface area (Å²) in [6.45, 7) is 5.07. The number of hydrogen-bond acceptors (Lipinski definition) is 2. The zero-order chi connectivity index (χ0) is 11.6. The Bertz CT molecular complexity index is 346. The zero-order valence-electron chi connectivity index (χ0n) is 10.2. The molecule has 2 rings (SSSR count). The number of rotatable bonds is 2. The predicted molar refractivity (Wildman–Crippen MR) is 66.3 cm³/mol. The molecule has 88 valence electrons. The summed E-state index contributed by atoms with van der Waals surface area (Å²) < 4.78 is 6.03. The standard InChI is InChI=1S/C14H21NO/c1-3-14(10-13(15)8-9-16-14)12-6-4-11(2)5-7-12/h4-7,13H,3,8-10,15H2,1-2H3. The maximum Gasteiger partial charge on any atom is 0.0943 e. The number of hydrogen-bond donors (Lipinski definition) is 1. The summed E-state index contributed by atoms with van der Waals surface area (Å²) in [5.74, 6) is 0. The molecule has 0 aromatic heterocycles. The maximum atomic E-state index is 6.07. The average Bonchev–Trinajstić information content (AvgIpc) is 2.29. The Kier molecular flexibility index (Phi) is 3.31. The minimum absolute atomic E-state index is 0.147. The Labute approximate surface area is 97.8 Å². The fraction of sp³-hybridized carbons (Fsp3) is 0.571. The van der Waals surface area contributed by atoms with Crippen LogP contribution in [-0.2, 0) is 10.3 Å². The van der Waals surface area contributed by atoms with Gasteiger partial charge in [0.05, 0.1) is 5.60 Å². The minimum Gasteiger partial charge on any atom is -0.370 e. The van der Waals surface area contributed by atoms with Crippen molar-refractivity contribution in [1.82, 2.24) is 0 Å². The van der Waals surface area contributed by atoms with Gasteiger partial charge in [0, 0.05) is 12.6 Å². The summed E-state index contributed by atoms with van der Waals surface area (Å²) in [6, 6.07) is 8.93. The lowest BCUT2D eigenvalue weighted by molar-refractivity contribution is -0.0925. The van der Waals surface area contributed by atoms with Crippen LogP contribution in [0.2, 0.25) is 0 Å². The SMILES string of the molecule is CCC1(c2ccc(C)cc2)CC(N)CCO1. The lowest BCUT2D eigenvalue weighted by Crippen LogP contribution is -2.42. The van der Waals surface area contributed by atoms with Crippen molar-refractivity contribution in [2.24, 2.45) is 5.73 Å². The van der Waals surface area contributed by atoms with Gasteiger partial charge >= 0.3 is 0 Å². The summed E-state index contributed by atoms with van der Waals surface area (Å²) >= 11 is 0. The summed E-state index contributed by atoms with van der Waals surface area (Å²) in [4.78, 5) is 0. The lowest BCUT2D eigenvalue weighted by atomic mass is 9.82. The van der Waals surface area contributed by atoms with Crippen molar-refractivity contribution in [3.63, 3.8) is 0 Å². The second-order valence-electron chi connectivity index (χ2n) is 4.82. The van der Waals surface area contributed by atoms with Crippen molar-refractivity contribution in [3.8, 4) is 0 Å². The van der Waals surface area contributed by atoms with Crippen molar-refractivity contribution in [2.75, 3.05) is 6.61 Å². The lowest BCUT2D eigenvalue weighted by Gasteiger charge is -2.40. The molecule has 1 aromatic carbocycles. The van der Waals surface area contributed by atoms with Gasteiger partial charge in [-0.1, -0.05) is 36.8 Å². The molecule has 1 heterocycles. The molecule has 2 nitrogen and oxygen atoms in total. The monoisotopic (exact) mass is 219 g/mol. The molecule has 2 N–H and O–H groups in total. The van der Waals surface area contributed by atoms with E-state index in [1.54, 1.807) is 0 Å². The Morgan fingerprint density at radius 1 is 1.38 bits per heavy atom. The van der Waals surface area contributed by atoms with Crippen LogP contribution in [-0.4, -0.2) is 12.6 Å². The first kappa shape index (κ1) is 11.6. The van der Waals surface area contributed by atoms with Crippen LogP contribution >= 0.6 is 0 Å². The van der Waals surface area contributed by atoms with Crippen LogP contribution < -0.4 is 5.73 Å². The van der Waals surface area contributed by atoms with Gasteiger partial charge in [0.15, 0.2) is 0 Å². The van der Waals surface area contributed by atoms with Crippen LogP contribution in [0.5, 0.6) is 0 Å². The molecular weight excluding hydrogens is 198 g/mol. The first-order valence-electron chi connectivity index (χ1n) is 6.13. The van der Waals surface area contributed by atoms with Crippen molar-refractivity contribution in [2.45, 2.75) is 44.8 Å². The van der Waals surface area contributed by atoms with Gasteiger partial charge in [0.25, 0.3) is 0 Å². The van der Waals surface area contributed by atoms with E-state index < -0.39 is 0 Å². The Morgan fingerprint density at radius 2 is 2.06 bits per heavy atom. The molecule has 0 aliphatic carbocycles. The molecule has 2 atom stereocenters. The van der Waals surface area contributed by atoms with Crippen LogP contribution in [0, 0.1) is 6.92 Å². The second-order valence-corrected chi connectivity index (χ2v) is 4.82. The van der Waals surface area contributed by atoms with Crippen LogP contribution in [0.3, 0.4) is 0 Å². The van der Waals surface area contributed by atoms with E-state index in [2.05, 4.69) is 38.1 Å². The topological polar surface area (TPSA) is 35.2 Å². The van der Waals surface area contributed by atoms with Gasteiger partial charge in [0.1, 0.15) is 0 Å². The molecule has 1 aliphatic heterocycles. The molecule has 2 unspecified atom stereocenters. The number of ether oxygens (including phenoxy) is 1. The highest BCUT2D eigenvalue weighted by Gasteiger charge is 2.36. The predicted octanol–water partition coefficient (Wildman–Crippen LogP) is 2.74. The maximum absolute atomic E-state index is 6.07. The summed E-state index contributed by atoms with van der Waals surface area (Å²) in [5, 5.41) is 0. The van der Waals surface area contributed by atoms with Gasteiger partial charge in [-0.3, -0.25) is 0 Å². The highest BCUT2D eigenvalue weighted by atomic mass is 16.5. The molecule has 1 saturated heterocycles. The fourth-order valence-corrected chi connectivity index (χ4v) is 2.50. The summed E-state index contributed by atoms with van der Waals surface area (Å²) in [5.41, 5.74) is 8.49. The summed E-state index contributed by atoms with van der Waals surface area (Å²) in [6.07, 6.45) is 2.91. The van der Waals surface area contributed by atoms with E-state index >= 15 is 0 Å². The van der Waals surface area contributed by atoms with Crippen LogP contribution in [0.15, 0.2) is 24.3 Å². The van der Waals surface area contributed by atoms with E-state index in [0.717, 1.165) is 25.9 Å². The normalized spacial score (nSPS) is 30.3. The molecule has 0 spiro atoms. The third-order valence-corrected chi connectivity index (χ3v) is 3.61. The van der Waals surface area contributed by atoms with E-state index in [1.807, 2.05) is 0 Å². The minimum atomic E-state index is -0.147. The largest absolute Gasteiger partial charge is 0.370 e. The van der Waals surface area contributed by atoms with Crippen molar-refractivity contribution in [3.05, 3.63) is 35.4 Å². The molecule has 0 radical (unpaired) electrons. The Balaban J connectivity index is 2.29. The zero-order valence-corrected chi connectivity index (χ0v) is 10.2. The van der Waals surface area contributed by atoms with Gasteiger partial charge in [0.2, 0.25) is 0 Å². The van der Waals surface area contributed by atoms with Crippen molar-refractivity contribution < 1.29 is 4.74 Å². The van der Waals surface area contributed by atoms with E-state index in [9.17, 15) is 0 Å². The molecule has 0 amide bonds. The van der Waals surface area contributed by atoms with Crippen LogP contribution in [0.1, 0.15) is 37.3 Å². The molecule has 16 heavy (non-hydrogen) atoms. The van der Waals surface area contributed by atoms with Gasteiger partial charge in [-0.15, -0.1) is 0 Å². The van der Waals surface area contributed by atoms with Gasteiger partial charge in [-0.2, -0.15) is 0 Å². The quantitative estimate of drug-likeness (QED) is 0.830. The highest BCUT2D eigenvalue weighted by Crippen LogP contribution is 2.37. The van der Waals surface area contributed by atoms with E-state index in [1.165, 1.54) is 11.1 Å². The molecule has 1 aliphatic rings. The van der Waals surface area contributed by atoms with Gasteiger partial charge < -0.3 is 10.5 Å². The average molecular weight is 219 g/mol. The smallest absolute Gasteiger partial charge is 0.0943 e. The Hall–Kier alpha value is -0.860. The molecule has 0 bridgehead atoms. The second kappa shape index (κ2) is 4.56. The molecular formula is C14H21NO. The third-order valence-electron chi connectivity index (χ3n) is 3.61. The molecule has 0 saturated carbocycles. The fourth-order valence-electron chi connectivity index (χ4n) is 2.50. The van der Waals surface area contributed by atoms with Gasteiger partial charge in [-0.25, -0.2) is 0 Å². The number of aryl methyl sites for hydroxylation is 1. The summed E-state index contributed by atoms with van der Waals surface area (Å²) in [7, 11) is 0. The van der Waals surface area contributed by atoms with Crippen molar-refractivity contribution in [1.29, 1.82) is 0 Å². The number of benzene rings is 1. The first-order chi connectivity index (χ1) is 7.66. The van der Waals surface area contributed by atoms with Gasteiger partial charge in [-0.05, 0) is 31.7 Å². The molecule has 2 heteroatoms. The number of nitrogens with two attached hydrogens (primary N) is 1. The van der Waals surface area contributed by atoms with Crippen LogP contribution in [0.4, 0.5) is 0 Å². The van der Waals surface area contributed by atoms with Crippen LogP contribution in [0.25, 0.3) is 0 Å². The molecule has 1 aromatic rings. The Morgan fingerprint density at radius 3 is 2.62 bits per heavy atom. The van der Waals surface area contributed by atoms with E-state index in [0.29, 0.717) is 0 Å². The van der Waals surface area contributed by atoms with E-state index in [4.69, 9.17) is 10.5 Å². The highest BCUT2D eigenvalue weighted by molar-refractivity contribution is 5.27. The molecule has 1 fully saturated rings. The van der Waals surface area contributed by atoms with E-state index in [-0.39, 0.29) is 11.6 Å². The third kappa shape index (κ3) is 2.13.